The lowest BCUT2D eigenvalue weighted by Gasteiger charge is -2.38. The monoisotopic (exact) mass is 333 g/mol. The van der Waals surface area contributed by atoms with Crippen LogP contribution in [0.15, 0.2) is 24.5 Å². The minimum atomic E-state index is -0.0583. The van der Waals surface area contributed by atoms with E-state index in [1.165, 1.54) is 5.56 Å². The molecule has 2 aliphatic rings. The average Bonchev–Trinajstić information content (AvgIpc) is 2.99. The standard InChI is InChI=1S/C18H27N3O3/c1-20(2)17(22)14-23-16-10-18(24-13-16)5-8-21(9-6-18)12-15-4-3-7-19-11-15/h3-4,7,11,16H,5-6,8-10,12-14H2,1-2H3/t16-/m1/s1. The van der Waals surface area contributed by atoms with Gasteiger partial charge in [-0.3, -0.25) is 14.7 Å². The van der Waals surface area contributed by atoms with Crippen LogP contribution in [-0.4, -0.2) is 72.8 Å². The Bertz CT molecular complexity index is 542. The normalized spacial score (nSPS) is 23.5. The SMILES string of the molecule is CN(C)C(=O)CO[C@H]1COC2(CCN(Cc3cccnc3)CC2)C1. The number of ether oxygens (including phenoxy) is 2. The molecule has 0 N–H and O–H groups in total. The first-order chi connectivity index (χ1) is 11.6. The predicted molar refractivity (Wildman–Crippen MR) is 90.5 cm³/mol. The second-order valence-electron chi connectivity index (χ2n) is 7.06. The number of hydrogen-bond donors (Lipinski definition) is 0. The second-order valence-corrected chi connectivity index (χ2v) is 7.06. The molecule has 1 aromatic heterocycles. The number of pyridine rings is 1. The van der Waals surface area contributed by atoms with E-state index in [1.54, 1.807) is 19.0 Å². The lowest BCUT2D eigenvalue weighted by Crippen LogP contribution is -2.44. The molecule has 1 atom stereocenters. The predicted octanol–water partition coefficient (Wildman–Crippen LogP) is 1.31. The second kappa shape index (κ2) is 7.59. The van der Waals surface area contributed by atoms with E-state index >= 15 is 0 Å². The van der Waals surface area contributed by atoms with Gasteiger partial charge in [0.1, 0.15) is 6.61 Å². The third-order valence-electron chi connectivity index (χ3n) is 5.01. The molecule has 1 amide bonds. The van der Waals surface area contributed by atoms with Crippen molar-refractivity contribution in [3.8, 4) is 0 Å². The van der Waals surface area contributed by atoms with Gasteiger partial charge in [-0.1, -0.05) is 6.07 Å². The van der Waals surface area contributed by atoms with E-state index in [4.69, 9.17) is 9.47 Å². The molecule has 6 heteroatoms. The zero-order valence-corrected chi connectivity index (χ0v) is 14.6. The molecule has 0 aliphatic carbocycles. The van der Waals surface area contributed by atoms with Crippen LogP contribution < -0.4 is 0 Å². The summed E-state index contributed by atoms with van der Waals surface area (Å²) in [6.07, 6.45) is 6.72. The zero-order valence-electron chi connectivity index (χ0n) is 14.6. The Hall–Kier alpha value is -1.50. The number of amides is 1. The molecule has 2 saturated heterocycles. The van der Waals surface area contributed by atoms with Crippen molar-refractivity contribution in [2.75, 3.05) is 40.4 Å². The van der Waals surface area contributed by atoms with Crippen LogP contribution in [0.5, 0.6) is 0 Å². The van der Waals surface area contributed by atoms with E-state index in [2.05, 4.69) is 16.0 Å². The number of piperidine rings is 1. The number of likely N-dealkylation sites (tertiary alicyclic amines) is 1. The van der Waals surface area contributed by atoms with Crippen LogP contribution in [0.25, 0.3) is 0 Å². The fourth-order valence-corrected chi connectivity index (χ4v) is 3.44. The number of hydrogen-bond acceptors (Lipinski definition) is 5. The Morgan fingerprint density at radius 2 is 2.25 bits per heavy atom. The number of rotatable bonds is 5. The van der Waals surface area contributed by atoms with E-state index in [0.717, 1.165) is 38.9 Å². The van der Waals surface area contributed by atoms with Crippen LogP contribution >= 0.6 is 0 Å². The van der Waals surface area contributed by atoms with Crippen LogP contribution in [0.2, 0.25) is 0 Å². The molecule has 6 nitrogen and oxygen atoms in total. The van der Waals surface area contributed by atoms with Gasteiger partial charge in [-0.25, -0.2) is 0 Å². The van der Waals surface area contributed by atoms with Gasteiger partial charge in [0.15, 0.2) is 0 Å². The van der Waals surface area contributed by atoms with Gasteiger partial charge in [0.05, 0.1) is 18.3 Å². The van der Waals surface area contributed by atoms with Gasteiger partial charge in [0, 0.05) is 52.5 Å². The largest absolute Gasteiger partial charge is 0.372 e. The zero-order chi connectivity index (χ0) is 17.0. The van der Waals surface area contributed by atoms with Crippen LogP contribution in [0.4, 0.5) is 0 Å². The van der Waals surface area contributed by atoms with Crippen molar-refractivity contribution >= 4 is 5.91 Å². The summed E-state index contributed by atoms with van der Waals surface area (Å²) >= 11 is 0. The highest BCUT2D eigenvalue weighted by Gasteiger charge is 2.43. The molecule has 1 spiro atoms. The van der Waals surface area contributed by atoms with Gasteiger partial charge in [-0.05, 0) is 24.5 Å². The number of carbonyl (C=O) groups excluding carboxylic acids is 1. The summed E-state index contributed by atoms with van der Waals surface area (Å²) in [5, 5.41) is 0. The molecule has 2 fully saturated rings. The van der Waals surface area contributed by atoms with E-state index in [0.29, 0.717) is 6.61 Å². The smallest absolute Gasteiger partial charge is 0.248 e. The topological polar surface area (TPSA) is 54.9 Å². The van der Waals surface area contributed by atoms with Crippen LogP contribution in [-0.2, 0) is 20.8 Å². The third-order valence-corrected chi connectivity index (χ3v) is 5.01. The highest BCUT2D eigenvalue weighted by molar-refractivity contribution is 5.76. The Kier molecular flexibility index (Phi) is 5.48. The minimum absolute atomic E-state index is 0.00207. The summed E-state index contributed by atoms with van der Waals surface area (Å²) in [4.78, 5) is 19.8. The van der Waals surface area contributed by atoms with Gasteiger partial charge >= 0.3 is 0 Å². The first-order valence-electron chi connectivity index (χ1n) is 8.63. The number of nitrogens with zero attached hydrogens (tertiary/aromatic N) is 3. The average molecular weight is 333 g/mol. The molecule has 0 unspecified atom stereocenters. The fraction of sp³-hybridized carbons (Fsp3) is 0.667. The first kappa shape index (κ1) is 17.3. The van der Waals surface area contributed by atoms with E-state index < -0.39 is 0 Å². The lowest BCUT2D eigenvalue weighted by atomic mass is 9.88. The van der Waals surface area contributed by atoms with E-state index in [1.807, 2.05) is 18.5 Å². The Balaban J connectivity index is 1.44. The number of aromatic nitrogens is 1. The first-order valence-corrected chi connectivity index (χ1v) is 8.63. The van der Waals surface area contributed by atoms with Crippen molar-refractivity contribution in [3.63, 3.8) is 0 Å². The molecule has 3 rings (SSSR count). The molecule has 1 aromatic rings. The van der Waals surface area contributed by atoms with Crippen molar-refractivity contribution in [2.45, 2.75) is 37.5 Å². The third kappa shape index (κ3) is 4.32. The Morgan fingerprint density at radius 3 is 2.92 bits per heavy atom. The highest BCUT2D eigenvalue weighted by atomic mass is 16.6. The van der Waals surface area contributed by atoms with Gasteiger partial charge in [0.2, 0.25) is 5.91 Å². The van der Waals surface area contributed by atoms with Crippen molar-refractivity contribution in [1.82, 2.24) is 14.8 Å². The van der Waals surface area contributed by atoms with Gasteiger partial charge in [0.25, 0.3) is 0 Å². The summed E-state index contributed by atoms with van der Waals surface area (Å²) in [5.74, 6) is 0.00207. The van der Waals surface area contributed by atoms with Crippen molar-refractivity contribution < 1.29 is 14.3 Å². The maximum atomic E-state index is 11.6. The van der Waals surface area contributed by atoms with Crippen LogP contribution in [0, 0.1) is 0 Å². The minimum Gasteiger partial charge on any atom is -0.372 e. The molecule has 2 aliphatic heterocycles. The summed E-state index contributed by atoms with van der Waals surface area (Å²) in [6, 6.07) is 4.10. The van der Waals surface area contributed by atoms with Crippen molar-refractivity contribution in [2.24, 2.45) is 0 Å². The lowest BCUT2D eigenvalue weighted by molar-refractivity contribution is -0.135. The van der Waals surface area contributed by atoms with Gasteiger partial charge in [-0.2, -0.15) is 0 Å². The Morgan fingerprint density at radius 1 is 1.46 bits per heavy atom. The fourth-order valence-electron chi connectivity index (χ4n) is 3.44. The van der Waals surface area contributed by atoms with Crippen molar-refractivity contribution in [3.05, 3.63) is 30.1 Å². The molecule has 3 heterocycles. The summed E-state index contributed by atoms with van der Waals surface area (Å²) in [6.45, 7) is 3.74. The summed E-state index contributed by atoms with van der Waals surface area (Å²) in [5.41, 5.74) is 1.20. The molecule has 0 aromatic carbocycles. The molecule has 132 valence electrons. The van der Waals surface area contributed by atoms with Gasteiger partial charge in [-0.15, -0.1) is 0 Å². The summed E-state index contributed by atoms with van der Waals surface area (Å²) in [7, 11) is 3.49. The molecule has 0 saturated carbocycles. The van der Waals surface area contributed by atoms with E-state index in [9.17, 15) is 4.79 Å². The van der Waals surface area contributed by atoms with Crippen molar-refractivity contribution in [1.29, 1.82) is 0 Å². The molecular formula is C18H27N3O3. The maximum absolute atomic E-state index is 11.6. The molecule has 24 heavy (non-hydrogen) atoms. The van der Waals surface area contributed by atoms with Gasteiger partial charge < -0.3 is 14.4 Å². The summed E-state index contributed by atoms with van der Waals surface area (Å²) < 4.78 is 11.8. The van der Waals surface area contributed by atoms with Crippen LogP contribution in [0.3, 0.4) is 0 Å². The number of carbonyl (C=O) groups is 1. The maximum Gasteiger partial charge on any atom is 0.248 e. The Labute approximate surface area is 143 Å². The molecule has 0 bridgehead atoms. The quantitative estimate of drug-likeness (QED) is 0.813. The number of likely N-dealkylation sites (N-methyl/N-ethyl adjacent to an activating group) is 1. The molecular weight excluding hydrogens is 306 g/mol. The van der Waals surface area contributed by atoms with E-state index in [-0.39, 0.29) is 24.2 Å². The van der Waals surface area contributed by atoms with Crippen LogP contribution in [0.1, 0.15) is 24.8 Å². The molecule has 0 radical (unpaired) electrons. The highest BCUT2D eigenvalue weighted by Crippen LogP contribution is 2.37.